The van der Waals surface area contributed by atoms with Crippen molar-refractivity contribution >= 4 is 5.97 Å². The molecule has 0 aliphatic carbocycles. The molecule has 1 rings (SSSR count). The number of carbonyl (C=O) groups is 1. The van der Waals surface area contributed by atoms with Crippen molar-refractivity contribution in [3.05, 3.63) is 34.9 Å². The SMILES string of the molecule is CNC[C@H](C(=O)O)c1ccc(C)cc1C. The van der Waals surface area contributed by atoms with E-state index >= 15 is 0 Å². The van der Waals surface area contributed by atoms with Gasteiger partial charge in [0.1, 0.15) is 0 Å². The highest BCUT2D eigenvalue weighted by Crippen LogP contribution is 2.20. The van der Waals surface area contributed by atoms with Gasteiger partial charge in [0.05, 0.1) is 5.92 Å². The van der Waals surface area contributed by atoms with E-state index in [1.54, 1.807) is 7.05 Å². The van der Waals surface area contributed by atoms with Crippen LogP contribution in [0.3, 0.4) is 0 Å². The summed E-state index contributed by atoms with van der Waals surface area (Å²) in [5.74, 6) is -1.24. The first-order valence-corrected chi connectivity index (χ1v) is 5.00. The fraction of sp³-hybridized carbons (Fsp3) is 0.417. The van der Waals surface area contributed by atoms with Crippen molar-refractivity contribution in [1.82, 2.24) is 5.32 Å². The molecule has 2 N–H and O–H groups in total. The Kier molecular flexibility index (Phi) is 3.86. The molecule has 0 heterocycles. The smallest absolute Gasteiger partial charge is 0.312 e. The first kappa shape index (κ1) is 11.7. The quantitative estimate of drug-likeness (QED) is 0.790. The van der Waals surface area contributed by atoms with Crippen molar-refractivity contribution < 1.29 is 9.90 Å². The van der Waals surface area contributed by atoms with Crippen LogP contribution in [0.4, 0.5) is 0 Å². The van der Waals surface area contributed by atoms with Gasteiger partial charge >= 0.3 is 5.97 Å². The second-order valence-electron chi connectivity index (χ2n) is 3.81. The highest BCUT2D eigenvalue weighted by Gasteiger charge is 2.20. The van der Waals surface area contributed by atoms with Gasteiger partial charge < -0.3 is 10.4 Å². The lowest BCUT2D eigenvalue weighted by molar-refractivity contribution is -0.138. The van der Waals surface area contributed by atoms with Crippen LogP contribution < -0.4 is 5.32 Å². The molecule has 3 nitrogen and oxygen atoms in total. The Labute approximate surface area is 90.1 Å². The number of benzene rings is 1. The summed E-state index contributed by atoms with van der Waals surface area (Å²) < 4.78 is 0. The average molecular weight is 207 g/mol. The van der Waals surface area contributed by atoms with Crippen molar-refractivity contribution in [2.75, 3.05) is 13.6 Å². The van der Waals surface area contributed by atoms with Crippen molar-refractivity contribution in [3.63, 3.8) is 0 Å². The van der Waals surface area contributed by atoms with Crippen LogP contribution in [0, 0.1) is 13.8 Å². The van der Waals surface area contributed by atoms with Gasteiger partial charge in [0.25, 0.3) is 0 Å². The third-order valence-electron chi connectivity index (χ3n) is 2.51. The first-order chi connectivity index (χ1) is 7.06. The lowest BCUT2D eigenvalue weighted by atomic mass is 9.93. The van der Waals surface area contributed by atoms with E-state index < -0.39 is 11.9 Å². The number of carboxylic acid groups (broad SMARTS) is 1. The number of aliphatic carboxylic acids is 1. The average Bonchev–Trinajstić information content (AvgIpc) is 2.15. The van der Waals surface area contributed by atoms with E-state index in [-0.39, 0.29) is 0 Å². The molecule has 82 valence electrons. The molecule has 0 unspecified atom stereocenters. The molecule has 0 spiro atoms. The minimum atomic E-state index is -0.781. The largest absolute Gasteiger partial charge is 0.481 e. The van der Waals surface area contributed by atoms with Gasteiger partial charge in [-0.3, -0.25) is 4.79 Å². The molecule has 3 heteroatoms. The Morgan fingerprint density at radius 2 is 2.13 bits per heavy atom. The lowest BCUT2D eigenvalue weighted by Crippen LogP contribution is -2.24. The van der Waals surface area contributed by atoms with Gasteiger partial charge in [0.2, 0.25) is 0 Å². The van der Waals surface area contributed by atoms with Crippen LogP contribution in [0.2, 0.25) is 0 Å². The molecule has 0 saturated heterocycles. The molecule has 1 aromatic rings. The minimum absolute atomic E-state index is 0.458. The highest BCUT2D eigenvalue weighted by atomic mass is 16.4. The Hall–Kier alpha value is -1.35. The molecule has 0 aromatic heterocycles. The molecule has 0 radical (unpaired) electrons. The highest BCUT2D eigenvalue weighted by molar-refractivity contribution is 5.77. The maximum absolute atomic E-state index is 11.1. The van der Waals surface area contributed by atoms with E-state index in [0.29, 0.717) is 6.54 Å². The summed E-state index contributed by atoms with van der Waals surface area (Å²) in [6.07, 6.45) is 0. The van der Waals surface area contributed by atoms with Gasteiger partial charge in [-0.05, 0) is 32.0 Å². The van der Waals surface area contributed by atoms with Gasteiger partial charge in [-0.2, -0.15) is 0 Å². The summed E-state index contributed by atoms with van der Waals surface area (Å²) >= 11 is 0. The molecule has 0 saturated carbocycles. The van der Waals surface area contributed by atoms with Gasteiger partial charge in [-0.15, -0.1) is 0 Å². The second-order valence-corrected chi connectivity index (χ2v) is 3.81. The topological polar surface area (TPSA) is 49.3 Å². The maximum Gasteiger partial charge on any atom is 0.312 e. The van der Waals surface area contributed by atoms with Crippen molar-refractivity contribution in [3.8, 4) is 0 Å². The summed E-state index contributed by atoms with van der Waals surface area (Å²) in [6.45, 7) is 4.41. The van der Waals surface area contributed by atoms with E-state index in [0.717, 1.165) is 16.7 Å². The molecule has 1 aromatic carbocycles. The van der Waals surface area contributed by atoms with Gasteiger partial charge in [-0.25, -0.2) is 0 Å². The number of hydrogen-bond donors (Lipinski definition) is 2. The van der Waals surface area contributed by atoms with E-state index in [9.17, 15) is 4.79 Å². The first-order valence-electron chi connectivity index (χ1n) is 5.00. The van der Waals surface area contributed by atoms with Crippen LogP contribution in [0.5, 0.6) is 0 Å². The molecular formula is C12H17NO2. The summed E-state index contributed by atoms with van der Waals surface area (Å²) in [4.78, 5) is 11.1. The van der Waals surface area contributed by atoms with Crippen LogP contribution in [0.1, 0.15) is 22.6 Å². The van der Waals surface area contributed by atoms with Crippen LogP contribution >= 0.6 is 0 Å². The van der Waals surface area contributed by atoms with Crippen molar-refractivity contribution in [2.24, 2.45) is 0 Å². The number of aryl methyl sites for hydroxylation is 2. The summed E-state index contributed by atoms with van der Waals surface area (Å²) in [5.41, 5.74) is 3.09. The van der Waals surface area contributed by atoms with E-state index in [2.05, 4.69) is 5.32 Å². The van der Waals surface area contributed by atoms with Gasteiger partial charge in [0.15, 0.2) is 0 Å². The van der Waals surface area contributed by atoms with Crippen molar-refractivity contribution in [1.29, 1.82) is 0 Å². The molecule has 0 amide bonds. The Morgan fingerprint density at radius 1 is 1.47 bits per heavy atom. The standard InChI is InChI=1S/C12H17NO2/c1-8-4-5-10(9(2)6-8)11(7-13-3)12(14)15/h4-6,11,13H,7H2,1-3H3,(H,14,15)/t11-/m0/s1. The molecule has 15 heavy (non-hydrogen) atoms. The molecule has 0 fully saturated rings. The molecule has 0 bridgehead atoms. The summed E-state index contributed by atoms with van der Waals surface area (Å²) in [7, 11) is 1.76. The maximum atomic E-state index is 11.1. The van der Waals surface area contributed by atoms with Crippen LogP contribution in [0.25, 0.3) is 0 Å². The Morgan fingerprint density at radius 3 is 2.60 bits per heavy atom. The number of carboxylic acids is 1. The van der Waals surface area contributed by atoms with E-state index in [1.165, 1.54) is 0 Å². The number of rotatable bonds is 4. The van der Waals surface area contributed by atoms with Crippen LogP contribution in [0.15, 0.2) is 18.2 Å². The van der Waals surface area contributed by atoms with Crippen molar-refractivity contribution in [2.45, 2.75) is 19.8 Å². The number of nitrogens with one attached hydrogen (secondary N) is 1. The fourth-order valence-electron chi connectivity index (χ4n) is 1.75. The zero-order valence-corrected chi connectivity index (χ0v) is 9.37. The normalized spacial score (nSPS) is 12.5. The molecular weight excluding hydrogens is 190 g/mol. The zero-order chi connectivity index (χ0) is 11.4. The summed E-state index contributed by atoms with van der Waals surface area (Å²) in [6, 6.07) is 5.87. The molecule has 0 aliphatic heterocycles. The molecule has 0 aliphatic rings. The fourth-order valence-corrected chi connectivity index (χ4v) is 1.75. The predicted molar refractivity (Wildman–Crippen MR) is 60.2 cm³/mol. The number of likely N-dealkylation sites (N-methyl/N-ethyl adjacent to an activating group) is 1. The van der Waals surface area contributed by atoms with E-state index in [4.69, 9.17) is 5.11 Å². The van der Waals surface area contributed by atoms with Gasteiger partial charge in [0, 0.05) is 6.54 Å². The Bertz CT molecular complexity index is 361. The van der Waals surface area contributed by atoms with E-state index in [1.807, 2.05) is 32.0 Å². The summed E-state index contributed by atoms with van der Waals surface area (Å²) in [5, 5.41) is 12.0. The minimum Gasteiger partial charge on any atom is -0.481 e. The third kappa shape index (κ3) is 2.80. The third-order valence-corrected chi connectivity index (χ3v) is 2.51. The lowest BCUT2D eigenvalue weighted by Gasteiger charge is -2.15. The van der Waals surface area contributed by atoms with Crippen LogP contribution in [-0.2, 0) is 4.79 Å². The zero-order valence-electron chi connectivity index (χ0n) is 9.37. The Balaban J connectivity index is 3.05. The predicted octanol–water partition coefficient (Wildman–Crippen LogP) is 1.69. The number of hydrogen-bond acceptors (Lipinski definition) is 2. The van der Waals surface area contributed by atoms with Crippen LogP contribution in [-0.4, -0.2) is 24.7 Å². The second kappa shape index (κ2) is 4.94. The van der Waals surface area contributed by atoms with Gasteiger partial charge in [-0.1, -0.05) is 23.8 Å². The molecule has 1 atom stereocenters. The monoisotopic (exact) mass is 207 g/mol.